The van der Waals surface area contributed by atoms with Crippen LogP contribution in [0.15, 0.2) is 36.4 Å². The van der Waals surface area contributed by atoms with Crippen LogP contribution < -0.4 is 4.74 Å². The Labute approximate surface area is 144 Å². The summed E-state index contributed by atoms with van der Waals surface area (Å²) in [5.74, 6) is 0.992. The second-order valence-electron chi connectivity index (χ2n) is 6.25. The molecule has 2 aromatic carbocycles. The van der Waals surface area contributed by atoms with E-state index in [0.29, 0.717) is 0 Å². The fourth-order valence-corrected chi connectivity index (χ4v) is 4.01. The van der Waals surface area contributed by atoms with Crippen LogP contribution in [0.1, 0.15) is 41.5 Å². The molecule has 0 radical (unpaired) electrons. The lowest BCUT2D eigenvalue weighted by Gasteiger charge is -2.16. The first-order chi connectivity index (χ1) is 9.87. The molecular weight excluding hydrogens is 395 g/mol. The molecule has 1 heterocycles. The summed E-state index contributed by atoms with van der Waals surface area (Å²) in [6.07, 6.45) is 0.935. The monoisotopic (exact) mass is 412 g/mol. The van der Waals surface area contributed by atoms with E-state index in [-0.39, 0.29) is 11.0 Å². The number of ether oxygens (including phenoxy) is 1. The van der Waals surface area contributed by atoms with E-state index in [9.17, 15) is 0 Å². The molecule has 0 fully saturated rings. The van der Waals surface area contributed by atoms with Gasteiger partial charge >= 0.3 is 0 Å². The zero-order chi connectivity index (χ0) is 15.2. The number of alkyl halides is 1. The third-order valence-corrected chi connectivity index (χ3v) is 5.84. The Morgan fingerprint density at radius 1 is 1.24 bits per heavy atom. The maximum atomic E-state index is 6.74. The SMILES string of the molecule is Cc1cccc(C(Cl)c2ccc3c(c2)CC(C)(C)O3)c1I. The van der Waals surface area contributed by atoms with Crippen LogP contribution in [0.3, 0.4) is 0 Å². The lowest BCUT2D eigenvalue weighted by molar-refractivity contribution is 0.138. The molecule has 1 atom stereocenters. The molecule has 0 aromatic heterocycles. The number of rotatable bonds is 2. The van der Waals surface area contributed by atoms with Crippen LogP contribution in [-0.4, -0.2) is 5.60 Å². The molecule has 1 nitrogen and oxygen atoms in total. The minimum absolute atomic E-state index is 0.111. The predicted octanol–water partition coefficient (Wildman–Crippen LogP) is 5.64. The molecule has 0 saturated heterocycles. The smallest absolute Gasteiger partial charge is 0.123 e. The lowest BCUT2D eigenvalue weighted by Crippen LogP contribution is -2.24. The van der Waals surface area contributed by atoms with Crippen LogP contribution in [0.4, 0.5) is 0 Å². The van der Waals surface area contributed by atoms with Crippen molar-refractivity contribution in [1.29, 1.82) is 0 Å². The Balaban J connectivity index is 1.97. The minimum atomic E-state index is -0.120. The van der Waals surface area contributed by atoms with E-state index >= 15 is 0 Å². The first-order valence-electron chi connectivity index (χ1n) is 7.08. The molecule has 0 bridgehead atoms. The van der Waals surface area contributed by atoms with Gasteiger partial charge in [-0.1, -0.05) is 30.3 Å². The average Bonchev–Trinajstić information content (AvgIpc) is 2.73. The van der Waals surface area contributed by atoms with Crippen molar-refractivity contribution in [1.82, 2.24) is 0 Å². The van der Waals surface area contributed by atoms with E-state index in [1.165, 1.54) is 20.3 Å². The van der Waals surface area contributed by atoms with Crippen molar-refractivity contribution < 1.29 is 4.74 Å². The molecule has 3 rings (SSSR count). The first kappa shape index (κ1) is 15.2. The van der Waals surface area contributed by atoms with E-state index in [1.54, 1.807) is 0 Å². The van der Waals surface area contributed by atoms with Gasteiger partial charge in [0.15, 0.2) is 0 Å². The summed E-state index contributed by atoms with van der Waals surface area (Å²) in [5, 5.41) is -0.120. The van der Waals surface area contributed by atoms with Crippen molar-refractivity contribution in [3.8, 4) is 5.75 Å². The fourth-order valence-electron chi connectivity index (χ4n) is 2.83. The Kier molecular flexibility index (Phi) is 3.95. The molecule has 1 aliphatic heterocycles. The first-order valence-corrected chi connectivity index (χ1v) is 8.60. The largest absolute Gasteiger partial charge is 0.487 e. The Bertz CT molecular complexity index is 694. The summed E-state index contributed by atoms with van der Waals surface area (Å²) in [6, 6.07) is 12.6. The number of aryl methyl sites for hydroxylation is 1. The molecule has 0 amide bonds. The Morgan fingerprint density at radius 3 is 2.76 bits per heavy atom. The van der Waals surface area contributed by atoms with Crippen molar-refractivity contribution in [2.75, 3.05) is 0 Å². The second-order valence-corrected chi connectivity index (χ2v) is 7.76. The van der Waals surface area contributed by atoms with Crippen LogP contribution in [0.25, 0.3) is 0 Å². The van der Waals surface area contributed by atoms with Crippen LogP contribution >= 0.6 is 34.2 Å². The summed E-state index contributed by atoms with van der Waals surface area (Å²) in [5.41, 5.74) is 4.73. The molecule has 21 heavy (non-hydrogen) atoms. The van der Waals surface area contributed by atoms with Gasteiger partial charge in [0.1, 0.15) is 11.4 Å². The van der Waals surface area contributed by atoms with E-state index < -0.39 is 0 Å². The predicted molar refractivity (Wildman–Crippen MR) is 96.4 cm³/mol. The molecule has 3 heteroatoms. The molecule has 2 aromatic rings. The maximum absolute atomic E-state index is 6.74. The van der Waals surface area contributed by atoms with Gasteiger partial charge in [-0.05, 0) is 71.7 Å². The Morgan fingerprint density at radius 2 is 2.00 bits per heavy atom. The molecule has 1 unspecified atom stereocenters. The van der Waals surface area contributed by atoms with Gasteiger partial charge in [0.25, 0.3) is 0 Å². The van der Waals surface area contributed by atoms with Crippen molar-refractivity contribution in [2.24, 2.45) is 0 Å². The molecule has 110 valence electrons. The molecule has 0 N–H and O–H groups in total. The minimum Gasteiger partial charge on any atom is -0.487 e. The van der Waals surface area contributed by atoms with E-state index in [2.05, 4.69) is 79.8 Å². The number of fused-ring (bicyclic) bond motifs is 1. The summed E-state index contributed by atoms with van der Waals surface area (Å²) in [4.78, 5) is 0. The highest BCUT2D eigenvalue weighted by Gasteiger charge is 2.30. The van der Waals surface area contributed by atoms with Gasteiger partial charge in [-0.15, -0.1) is 11.6 Å². The third kappa shape index (κ3) is 2.93. The van der Waals surface area contributed by atoms with Crippen LogP contribution in [-0.2, 0) is 6.42 Å². The number of halogens is 2. The maximum Gasteiger partial charge on any atom is 0.123 e. The normalized spacial score (nSPS) is 17.2. The highest BCUT2D eigenvalue weighted by atomic mass is 127. The lowest BCUT2D eigenvalue weighted by atomic mass is 9.97. The van der Waals surface area contributed by atoms with Crippen molar-refractivity contribution >= 4 is 34.2 Å². The summed E-state index contributed by atoms with van der Waals surface area (Å²) < 4.78 is 7.18. The topological polar surface area (TPSA) is 9.23 Å². The van der Waals surface area contributed by atoms with E-state index in [1.807, 2.05) is 0 Å². The highest BCUT2D eigenvalue weighted by Crippen LogP contribution is 2.39. The molecule has 0 spiro atoms. The van der Waals surface area contributed by atoms with Gasteiger partial charge < -0.3 is 4.74 Å². The van der Waals surface area contributed by atoms with Gasteiger partial charge in [0, 0.05) is 9.99 Å². The second kappa shape index (κ2) is 5.47. The quantitative estimate of drug-likeness (QED) is 0.458. The fraction of sp³-hybridized carbons (Fsp3) is 0.333. The van der Waals surface area contributed by atoms with E-state index in [0.717, 1.165) is 17.7 Å². The number of benzene rings is 2. The van der Waals surface area contributed by atoms with Crippen molar-refractivity contribution in [2.45, 2.75) is 38.2 Å². The van der Waals surface area contributed by atoms with Gasteiger partial charge in [-0.25, -0.2) is 0 Å². The zero-order valence-corrected chi connectivity index (χ0v) is 15.3. The van der Waals surface area contributed by atoms with Gasteiger partial charge in [0.2, 0.25) is 0 Å². The summed E-state index contributed by atoms with van der Waals surface area (Å²) >= 11 is 9.12. The highest BCUT2D eigenvalue weighted by molar-refractivity contribution is 14.1. The van der Waals surface area contributed by atoms with E-state index in [4.69, 9.17) is 16.3 Å². The number of hydrogen-bond acceptors (Lipinski definition) is 1. The van der Waals surface area contributed by atoms with Crippen LogP contribution in [0.2, 0.25) is 0 Å². The standard InChI is InChI=1S/C18H18ClIO/c1-11-5-4-6-14(17(11)20)16(19)12-7-8-15-13(9-12)10-18(2,3)21-15/h4-9,16H,10H2,1-3H3. The van der Waals surface area contributed by atoms with Crippen LogP contribution in [0.5, 0.6) is 5.75 Å². The summed E-state index contributed by atoms with van der Waals surface area (Å²) in [6.45, 7) is 6.36. The zero-order valence-electron chi connectivity index (χ0n) is 12.4. The summed E-state index contributed by atoms with van der Waals surface area (Å²) in [7, 11) is 0. The third-order valence-electron chi connectivity index (χ3n) is 3.87. The molecule has 1 aliphatic rings. The van der Waals surface area contributed by atoms with Crippen molar-refractivity contribution in [3.05, 3.63) is 62.2 Å². The van der Waals surface area contributed by atoms with Gasteiger partial charge in [0.05, 0.1) is 5.38 Å². The molecular formula is C18H18ClIO. The van der Waals surface area contributed by atoms with Gasteiger partial charge in [-0.2, -0.15) is 0 Å². The van der Waals surface area contributed by atoms with Crippen molar-refractivity contribution in [3.63, 3.8) is 0 Å². The van der Waals surface area contributed by atoms with Crippen LogP contribution in [0, 0.1) is 10.5 Å². The Hall–Kier alpha value is -0.740. The molecule has 0 saturated carbocycles. The molecule has 0 aliphatic carbocycles. The van der Waals surface area contributed by atoms with Gasteiger partial charge in [-0.3, -0.25) is 0 Å². The average molecular weight is 413 g/mol. The number of hydrogen-bond donors (Lipinski definition) is 0.